The van der Waals surface area contributed by atoms with Crippen LogP contribution in [0, 0.1) is 0 Å². The van der Waals surface area contributed by atoms with Crippen molar-refractivity contribution in [3.63, 3.8) is 0 Å². The highest BCUT2D eigenvalue weighted by Gasteiger charge is 2.31. The molecule has 1 aromatic heterocycles. The second kappa shape index (κ2) is 13.0. The number of rotatable bonds is 13. The molecule has 200 valence electrons. The van der Waals surface area contributed by atoms with Crippen LogP contribution in [0.3, 0.4) is 0 Å². The Morgan fingerprint density at radius 3 is 2.43 bits per heavy atom. The molecule has 9 nitrogen and oxygen atoms in total. The lowest BCUT2D eigenvalue weighted by Gasteiger charge is -2.14. The Morgan fingerprint density at radius 1 is 1.08 bits per heavy atom. The van der Waals surface area contributed by atoms with Crippen molar-refractivity contribution < 1.29 is 37.3 Å². The Bertz CT molecular complexity index is 1170. The van der Waals surface area contributed by atoms with Gasteiger partial charge in [0, 0.05) is 19.7 Å². The highest BCUT2D eigenvalue weighted by Crippen LogP contribution is 2.31. The highest BCUT2D eigenvalue weighted by molar-refractivity contribution is 5.97. The number of aryl methyl sites for hydroxylation is 1. The zero-order chi connectivity index (χ0) is 26.8. The predicted molar refractivity (Wildman–Crippen MR) is 130 cm³/mol. The van der Waals surface area contributed by atoms with Crippen molar-refractivity contribution in [3.8, 4) is 17.5 Å². The first kappa shape index (κ1) is 27.8. The number of hydrogen-bond donors (Lipinski definition) is 3. The molecule has 2 aromatic carbocycles. The van der Waals surface area contributed by atoms with Gasteiger partial charge in [-0.05, 0) is 29.7 Å². The molecule has 1 amide bonds. The molecule has 3 N–H and O–H groups in total. The SMILES string of the molecule is CCc1ccc(Cn2c(Oc3cccc(OC(F)(F)F)c3)nc(NC)c2C(=O)NCCOCCO)cc1. The van der Waals surface area contributed by atoms with Crippen molar-refractivity contribution >= 4 is 11.7 Å². The Balaban J connectivity index is 1.94. The lowest BCUT2D eigenvalue weighted by atomic mass is 10.1. The number of benzene rings is 2. The van der Waals surface area contributed by atoms with Crippen LogP contribution in [0.25, 0.3) is 0 Å². The van der Waals surface area contributed by atoms with Gasteiger partial charge < -0.3 is 30.0 Å². The van der Waals surface area contributed by atoms with Crippen molar-refractivity contribution in [2.45, 2.75) is 26.3 Å². The molecule has 0 atom stereocenters. The van der Waals surface area contributed by atoms with Gasteiger partial charge in [0.15, 0.2) is 11.5 Å². The van der Waals surface area contributed by atoms with E-state index in [-0.39, 0.29) is 56.2 Å². The Kier molecular flexibility index (Phi) is 9.75. The lowest BCUT2D eigenvalue weighted by Crippen LogP contribution is -2.30. The normalized spacial score (nSPS) is 11.3. The van der Waals surface area contributed by atoms with Gasteiger partial charge in [0.1, 0.15) is 11.5 Å². The first-order chi connectivity index (χ1) is 17.7. The average molecular weight is 523 g/mol. The Hall–Kier alpha value is -3.77. The number of aliphatic hydroxyl groups is 1. The summed E-state index contributed by atoms with van der Waals surface area (Å²) in [4.78, 5) is 17.5. The molecule has 0 aliphatic carbocycles. The summed E-state index contributed by atoms with van der Waals surface area (Å²) in [6.45, 7) is 2.65. The third-order valence-electron chi connectivity index (χ3n) is 5.17. The summed E-state index contributed by atoms with van der Waals surface area (Å²) >= 11 is 0. The number of amides is 1. The Labute approximate surface area is 212 Å². The standard InChI is InChI=1S/C25H29F3N4O5/c1-3-17-7-9-18(10-8-17)16-32-21(23(34)30-11-13-35-14-12-33)22(29-2)31-24(32)36-19-5-4-6-20(15-19)37-25(26,27)28/h4-10,15,29,33H,3,11-14,16H2,1-2H3,(H,30,34). The first-order valence-corrected chi connectivity index (χ1v) is 11.6. The van der Waals surface area contributed by atoms with Gasteiger partial charge in [-0.2, -0.15) is 4.98 Å². The van der Waals surface area contributed by atoms with Crippen LogP contribution in [0.5, 0.6) is 17.5 Å². The van der Waals surface area contributed by atoms with E-state index in [1.165, 1.54) is 16.7 Å². The van der Waals surface area contributed by atoms with E-state index in [4.69, 9.17) is 14.6 Å². The van der Waals surface area contributed by atoms with E-state index in [0.717, 1.165) is 29.7 Å². The molecule has 0 aliphatic heterocycles. The summed E-state index contributed by atoms with van der Waals surface area (Å²) in [6, 6.07) is 12.8. The van der Waals surface area contributed by atoms with E-state index in [9.17, 15) is 18.0 Å². The minimum atomic E-state index is -4.85. The van der Waals surface area contributed by atoms with Crippen LogP contribution in [-0.4, -0.2) is 60.3 Å². The van der Waals surface area contributed by atoms with Gasteiger partial charge in [0.05, 0.1) is 26.4 Å². The number of halogens is 3. The predicted octanol–water partition coefficient (Wildman–Crippen LogP) is 3.97. The number of aromatic nitrogens is 2. The third kappa shape index (κ3) is 8.12. The lowest BCUT2D eigenvalue weighted by molar-refractivity contribution is -0.274. The van der Waals surface area contributed by atoms with Crippen LogP contribution in [0.15, 0.2) is 48.5 Å². The molecule has 0 radical (unpaired) electrons. The molecule has 0 aliphatic rings. The van der Waals surface area contributed by atoms with Crippen LogP contribution in [0.4, 0.5) is 19.0 Å². The number of carbonyl (C=O) groups is 1. The monoisotopic (exact) mass is 522 g/mol. The van der Waals surface area contributed by atoms with E-state index in [0.29, 0.717) is 0 Å². The van der Waals surface area contributed by atoms with Crippen molar-refractivity contribution in [1.29, 1.82) is 0 Å². The second-order valence-electron chi connectivity index (χ2n) is 7.81. The van der Waals surface area contributed by atoms with Crippen molar-refractivity contribution in [2.24, 2.45) is 0 Å². The minimum Gasteiger partial charge on any atom is -0.425 e. The fraction of sp³-hybridized carbons (Fsp3) is 0.360. The highest BCUT2D eigenvalue weighted by atomic mass is 19.4. The largest absolute Gasteiger partial charge is 0.573 e. The van der Waals surface area contributed by atoms with E-state index >= 15 is 0 Å². The molecule has 12 heteroatoms. The van der Waals surface area contributed by atoms with Gasteiger partial charge in [-0.15, -0.1) is 13.2 Å². The van der Waals surface area contributed by atoms with Crippen molar-refractivity contribution in [3.05, 3.63) is 65.4 Å². The molecule has 0 saturated carbocycles. The number of nitrogens with one attached hydrogen (secondary N) is 2. The van der Waals surface area contributed by atoms with E-state index in [1.54, 1.807) is 7.05 Å². The maximum Gasteiger partial charge on any atom is 0.573 e. The zero-order valence-electron chi connectivity index (χ0n) is 20.5. The molecular formula is C25H29F3N4O5. The van der Waals surface area contributed by atoms with Crippen LogP contribution in [0.1, 0.15) is 28.5 Å². The quantitative estimate of drug-likeness (QED) is 0.292. The summed E-state index contributed by atoms with van der Waals surface area (Å²) in [5, 5.41) is 14.4. The molecule has 37 heavy (non-hydrogen) atoms. The van der Waals surface area contributed by atoms with Crippen molar-refractivity contribution in [1.82, 2.24) is 14.9 Å². The summed E-state index contributed by atoms with van der Waals surface area (Å²) in [6.07, 6.45) is -3.99. The maximum absolute atomic E-state index is 13.1. The molecule has 1 heterocycles. The number of imidazole rings is 1. The molecule has 3 aromatic rings. The van der Waals surface area contributed by atoms with E-state index in [1.807, 2.05) is 31.2 Å². The maximum atomic E-state index is 13.1. The summed E-state index contributed by atoms with van der Waals surface area (Å²) in [5.74, 6) is -0.649. The van der Waals surface area contributed by atoms with Crippen LogP contribution in [-0.2, 0) is 17.7 Å². The zero-order valence-corrected chi connectivity index (χ0v) is 20.5. The number of ether oxygens (including phenoxy) is 3. The molecule has 3 rings (SSSR count). The number of carbonyl (C=O) groups excluding carboxylic acids is 1. The topological polar surface area (TPSA) is 107 Å². The second-order valence-corrected chi connectivity index (χ2v) is 7.81. The van der Waals surface area contributed by atoms with Crippen LogP contribution in [0.2, 0.25) is 0 Å². The van der Waals surface area contributed by atoms with E-state index in [2.05, 4.69) is 20.4 Å². The molecule has 0 bridgehead atoms. The first-order valence-electron chi connectivity index (χ1n) is 11.6. The number of hydrogen-bond acceptors (Lipinski definition) is 7. The molecular weight excluding hydrogens is 493 g/mol. The van der Waals surface area contributed by atoms with Gasteiger partial charge >= 0.3 is 12.4 Å². The summed E-state index contributed by atoms with van der Waals surface area (Å²) < 4.78 is 54.5. The summed E-state index contributed by atoms with van der Waals surface area (Å²) in [7, 11) is 1.59. The third-order valence-corrected chi connectivity index (χ3v) is 5.17. The van der Waals surface area contributed by atoms with E-state index < -0.39 is 18.0 Å². The number of nitrogens with zero attached hydrogens (tertiary/aromatic N) is 2. The fourth-order valence-electron chi connectivity index (χ4n) is 3.45. The van der Waals surface area contributed by atoms with Gasteiger partial charge in [-0.1, -0.05) is 37.3 Å². The molecule has 0 unspecified atom stereocenters. The van der Waals surface area contributed by atoms with Gasteiger partial charge in [0.25, 0.3) is 5.91 Å². The van der Waals surface area contributed by atoms with Gasteiger partial charge in [-0.25, -0.2) is 0 Å². The van der Waals surface area contributed by atoms with Gasteiger partial charge in [-0.3, -0.25) is 9.36 Å². The fourth-order valence-corrected chi connectivity index (χ4v) is 3.45. The number of aliphatic hydroxyl groups excluding tert-OH is 1. The summed E-state index contributed by atoms with van der Waals surface area (Å²) in [5.41, 5.74) is 2.17. The molecule has 0 saturated heterocycles. The number of anilines is 1. The van der Waals surface area contributed by atoms with Crippen molar-refractivity contribution in [2.75, 3.05) is 38.7 Å². The molecule has 0 fully saturated rings. The Morgan fingerprint density at radius 2 is 1.78 bits per heavy atom. The smallest absolute Gasteiger partial charge is 0.425 e. The van der Waals surface area contributed by atoms with Crippen LogP contribution >= 0.6 is 0 Å². The minimum absolute atomic E-state index is 0.00485. The van der Waals surface area contributed by atoms with Gasteiger partial charge in [0.2, 0.25) is 0 Å². The van der Waals surface area contributed by atoms with Crippen LogP contribution < -0.4 is 20.1 Å². The number of alkyl halides is 3. The molecule has 0 spiro atoms. The average Bonchev–Trinajstić information content (AvgIpc) is 3.20.